The Balaban J connectivity index is 1.59. The van der Waals surface area contributed by atoms with Crippen molar-refractivity contribution in [3.8, 4) is 0 Å². The minimum absolute atomic E-state index is 0.0252. The van der Waals surface area contributed by atoms with Gasteiger partial charge in [-0.05, 0) is 95.6 Å². The topological polar surface area (TPSA) is 74.3 Å². The van der Waals surface area contributed by atoms with Crippen LogP contribution in [0.15, 0.2) is 0 Å². The largest absolute Gasteiger partial charge is 0.466 e. The summed E-state index contributed by atoms with van der Waals surface area (Å²) in [7, 11) is 0. The summed E-state index contributed by atoms with van der Waals surface area (Å²) in [6, 6.07) is 0. The van der Waals surface area contributed by atoms with E-state index in [2.05, 4.69) is 32.6 Å². The molecule has 2 aliphatic rings. The molecular weight excluding hydrogens is 747 g/mol. The number of unbranched alkanes of at least 4 members (excludes halogenated alkanes) is 20. The lowest BCUT2D eigenvalue weighted by molar-refractivity contribution is -0.180. The van der Waals surface area contributed by atoms with Crippen LogP contribution in [0.5, 0.6) is 0 Å². The van der Waals surface area contributed by atoms with E-state index in [1.807, 2.05) is 0 Å². The summed E-state index contributed by atoms with van der Waals surface area (Å²) in [4.78, 5) is 27.7. The molecule has 60 heavy (non-hydrogen) atoms. The average Bonchev–Trinajstić information content (AvgIpc) is 3.92. The maximum atomic E-state index is 12.6. The molecule has 0 radical (unpaired) electrons. The lowest BCUT2D eigenvalue weighted by Crippen LogP contribution is -2.32. The van der Waals surface area contributed by atoms with Crippen molar-refractivity contribution >= 4 is 11.9 Å². The van der Waals surface area contributed by atoms with Gasteiger partial charge in [-0.25, -0.2) is 0 Å². The highest BCUT2D eigenvalue weighted by Gasteiger charge is 2.40. The van der Waals surface area contributed by atoms with Gasteiger partial charge in [-0.1, -0.05) is 169 Å². The molecule has 2 aliphatic heterocycles. The molecule has 2 fully saturated rings. The minimum atomic E-state index is -0.389. The molecule has 2 saturated heterocycles. The summed E-state index contributed by atoms with van der Waals surface area (Å²) in [5.41, 5.74) is 0. The molecule has 2 heterocycles. The highest BCUT2D eigenvalue weighted by molar-refractivity contribution is 5.70. The molecule has 0 amide bonds. The van der Waals surface area contributed by atoms with E-state index < -0.39 is 0 Å². The second-order valence-electron chi connectivity index (χ2n) is 19.3. The summed E-state index contributed by atoms with van der Waals surface area (Å²) < 4.78 is 24.7. The van der Waals surface area contributed by atoms with Crippen LogP contribution in [-0.4, -0.2) is 68.2 Å². The van der Waals surface area contributed by atoms with Crippen LogP contribution >= 0.6 is 0 Å². The Kier molecular flexibility index (Phi) is 35.1. The molecule has 0 N–H and O–H groups in total. The first kappa shape index (κ1) is 55.0. The monoisotopic (exact) mass is 848 g/mol. The van der Waals surface area contributed by atoms with E-state index in [0.717, 1.165) is 70.9 Å². The van der Waals surface area contributed by atoms with Crippen LogP contribution in [0.4, 0.5) is 0 Å². The van der Waals surface area contributed by atoms with E-state index >= 15 is 0 Å². The predicted molar refractivity (Wildman–Crippen MR) is 252 cm³/mol. The van der Waals surface area contributed by atoms with Gasteiger partial charge in [-0.15, -0.1) is 0 Å². The molecule has 0 aromatic carbocycles. The normalized spacial score (nSPS) is 16.7. The fraction of sp³-hybridized carbons (Fsp3) is 0.962. The average molecular weight is 848 g/mol. The Morgan fingerprint density at radius 2 is 0.917 bits per heavy atom. The number of esters is 2. The van der Waals surface area contributed by atoms with Crippen molar-refractivity contribution in [1.29, 1.82) is 0 Å². The van der Waals surface area contributed by atoms with Crippen LogP contribution in [0.2, 0.25) is 0 Å². The summed E-state index contributed by atoms with van der Waals surface area (Å²) in [6.07, 6.45) is 43.4. The molecule has 0 aromatic rings. The lowest BCUT2D eigenvalue weighted by atomic mass is 9.92. The zero-order valence-corrected chi connectivity index (χ0v) is 40.5. The predicted octanol–water partition coefficient (Wildman–Crippen LogP) is 15.2. The molecule has 0 aliphatic carbocycles. The zero-order chi connectivity index (χ0) is 43.2. The molecule has 0 saturated carbocycles. The molecule has 354 valence electrons. The van der Waals surface area contributed by atoms with E-state index in [1.165, 1.54) is 180 Å². The van der Waals surface area contributed by atoms with E-state index in [1.54, 1.807) is 0 Å². The summed E-state index contributed by atoms with van der Waals surface area (Å²) in [5, 5.41) is 0. The van der Waals surface area contributed by atoms with E-state index in [0.29, 0.717) is 37.9 Å². The number of nitrogens with zero attached hydrogens (tertiary/aromatic N) is 1. The quantitative estimate of drug-likeness (QED) is 0.0447. The van der Waals surface area contributed by atoms with Gasteiger partial charge >= 0.3 is 11.9 Å². The van der Waals surface area contributed by atoms with Gasteiger partial charge in [0.2, 0.25) is 0 Å². The van der Waals surface area contributed by atoms with Crippen molar-refractivity contribution in [2.24, 2.45) is 11.8 Å². The number of likely N-dealkylation sites (tertiary alicyclic amines) is 1. The smallest absolute Gasteiger partial charge is 0.306 e. The van der Waals surface area contributed by atoms with Crippen LogP contribution in [-0.2, 0) is 28.5 Å². The first-order valence-corrected chi connectivity index (χ1v) is 26.8. The molecule has 0 spiro atoms. The molecule has 1 atom stereocenters. The third-order valence-electron chi connectivity index (χ3n) is 13.6. The van der Waals surface area contributed by atoms with Gasteiger partial charge in [0.1, 0.15) is 0 Å². The third kappa shape index (κ3) is 29.2. The fourth-order valence-corrected chi connectivity index (χ4v) is 9.63. The third-order valence-corrected chi connectivity index (χ3v) is 13.6. The van der Waals surface area contributed by atoms with Crippen LogP contribution in [0.25, 0.3) is 0 Å². The van der Waals surface area contributed by atoms with Crippen molar-refractivity contribution in [2.75, 3.05) is 39.5 Å². The van der Waals surface area contributed by atoms with Gasteiger partial charge in [0.15, 0.2) is 5.79 Å². The van der Waals surface area contributed by atoms with Crippen LogP contribution in [0.3, 0.4) is 0 Å². The number of hydrogen-bond acceptors (Lipinski definition) is 7. The SMILES string of the molecule is CCCCCC(CCCCC)CC(=O)OCCCCCCCCCC1(CCCCCCCCCOC(=O)CC(CCCCC)CCCCC)OCC(CCN2CCCC2)O1. The van der Waals surface area contributed by atoms with Crippen molar-refractivity contribution < 1.29 is 28.5 Å². The van der Waals surface area contributed by atoms with Crippen molar-refractivity contribution in [2.45, 2.75) is 277 Å². The summed E-state index contributed by atoms with van der Waals surface area (Å²) in [5.74, 6) is 0.670. The number of carbonyl (C=O) groups is 2. The molecule has 7 heteroatoms. The van der Waals surface area contributed by atoms with Gasteiger partial charge < -0.3 is 23.8 Å². The van der Waals surface area contributed by atoms with Crippen molar-refractivity contribution in [3.63, 3.8) is 0 Å². The van der Waals surface area contributed by atoms with Gasteiger partial charge in [0, 0.05) is 32.2 Å². The standard InChI is InChI=1S/C53H101NO6/c1-5-9-23-33-48(34-24-10-6-2)45-51(55)57-43-31-21-17-13-15-19-27-38-53(59-47-50(60-53)37-42-54-40-29-30-41-54)39-28-20-16-14-18-22-32-44-58-52(56)46-49(35-25-11-7-3)36-26-12-8-4/h48-50H,5-47H2,1-4H3. The van der Waals surface area contributed by atoms with Crippen LogP contribution in [0, 0.1) is 11.8 Å². The second kappa shape index (κ2) is 38.3. The van der Waals surface area contributed by atoms with Gasteiger partial charge in [0.25, 0.3) is 0 Å². The molecule has 1 unspecified atom stereocenters. The van der Waals surface area contributed by atoms with Crippen LogP contribution in [0.1, 0.15) is 265 Å². The highest BCUT2D eigenvalue weighted by atomic mass is 16.7. The van der Waals surface area contributed by atoms with E-state index in [-0.39, 0.29) is 23.8 Å². The molecule has 7 nitrogen and oxygen atoms in total. The number of carbonyl (C=O) groups excluding carboxylic acids is 2. The maximum absolute atomic E-state index is 12.6. The van der Waals surface area contributed by atoms with E-state index in [9.17, 15) is 9.59 Å². The Labute approximate surface area is 372 Å². The summed E-state index contributed by atoms with van der Waals surface area (Å²) >= 11 is 0. The lowest BCUT2D eigenvalue weighted by Gasteiger charge is -2.29. The molecule has 2 rings (SSSR count). The number of ether oxygens (including phenoxy) is 4. The fourth-order valence-electron chi connectivity index (χ4n) is 9.63. The molecular formula is C53H101NO6. The Bertz CT molecular complexity index is 906. The molecule has 0 bridgehead atoms. The van der Waals surface area contributed by atoms with Crippen molar-refractivity contribution in [3.05, 3.63) is 0 Å². The van der Waals surface area contributed by atoms with Gasteiger partial charge in [-0.2, -0.15) is 0 Å². The van der Waals surface area contributed by atoms with Gasteiger partial charge in [-0.3, -0.25) is 9.59 Å². The Morgan fingerprint density at radius 3 is 1.32 bits per heavy atom. The Morgan fingerprint density at radius 1 is 0.533 bits per heavy atom. The number of hydrogen-bond donors (Lipinski definition) is 0. The van der Waals surface area contributed by atoms with Crippen LogP contribution < -0.4 is 0 Å². The Hall–Kier alpha value is -1.18. The number of rotatable bonds is 43. The first-order chi connectivity index (χ1) is 29.4. The first-order valence-electron chi connectivity index (χ1n) is 26.8. The van der Waals surface area contributed by atoms with Crippen molar-refractivity contribution in [1.82, 2.24) is 4.90 Å². The molecule has 0 aromatic heterocycles. The van der Waals surface area contributed by atoms with E-state index in [4.69, 9.17) is 18.9 Å². The summed E-state index contributed by atoms with van der Waals surface area (Å²) in [6.45, 7) is 14.5. The highest BCUT2D eigenvalue weighted by Crippen LogP contribution is 2.36. The minimum Gasteiger partial charge on any atom is -0.466 e. The van der Waals surface area contributed by atoms with Gasteiger partial charge in [0.05, 0.1) is 25.9 Å². The maximum Gasteiger partial charge on any atom is 0.306 e. The second-order valence-corrected chi connectivity index (χ2v) is 19.3. The zero-order valence-electron chi connectivity index (χ0n) is 40.5.